The Morgan fingerprint density at radius 3 is 3.00 bits per heavy atom. The molecular formula is C7H6ClN3O. The molecule has 0 aliphatic heterocycles. The van der Waals surface area contributed by atoms with E-state index >= 15 is 0 Å². The van der Waals surface area contributed by atoms with Crippen LogP contribution in [0.4, 0.5) is 0 Å². The third kappa shape index (κ3) is 0.921. The largest absolute Gasteiger partial charge is 0.506 e. The van der Waals surface area contributed by atoms with Crippen molar-refractivity contribution in [3.05, 3.63) is 17.2 Å². The van der Waals surface area contributed by atoms with E-state index in [9.17, 15) is 5.11 Å². The molecule has 0 aliphatic rings. The molecule has 1 aromatic heterocycles. The number of hydrogen-bond acceptors (Lipinski definition) is 3. The van der Waals surface area contributed by atoms with E-state index in [1.807, 2.05) is 0 Å². The Hall–Kier alpha value is -1.29. The lowest BCUT2D eigenvalue weighted by Crippen LogP contribution is -1.89. The Balaban J connectivity index is 2.93. The topological polar surface area (TPSA) is 50.9 Å². The fourth-order valence-electron chi connectivity index (χ4n) is 1.14. The van der Waals surface area contributed by atoms with E-state index in [4.69, 9.17) is 11.6 Å². The van der Waals surface area contributed by atoms with E-state index in [0.717, 1.165) is 0 Å². The zero-order valence-corrected chi connectivity index (χ0v) is 7.08. The Kier molecular flexibility index (Phi) is 1.44. The van der Waals surface area contributed by atoms with E-state index in [1.54, 1.807) is 13.1 Å². The second-order valence-corrected chi connectivity index (χ2v) is 2.94. The van der Waals surface area contributed by atoms with Gasteiger partial charge >= 0.3 is 0 Å². The van der Waals surface area contributed by atoms with Gasteiger partial charge in [-0.15, -0.1) is 5.10 Å². The molecule has 0 aliphatic carbocycles. The van der Waals surface area contributed by atoms with Gasteiger partial charge in [0.1, 0.15) is 16.8 Å². The highest BCUT2D eigenvalue weighted by atomic mass is 35.5. The molecule has 62 valence electrons. The van der Waals surface area contributed by atoms with Crippen molar-refractivity contribution >= 4 is 22.6 Å². The van der Waals surface area contributed by atoms with Crippen molar-refractivity contribution in [3.63, 3.8) is 0 Å². The van der Waals surface area contributed by atoms with Gasteiger partial charge in [0, 0.05) is 18.1 Å². The summed E-state index contributed by atoms with van der Waals surface area (Å²) in [6.07, 6.45) is 0. The fraction of sp³-hybridized carbons (Fsp3) is 0.143. The first kappa shape index (κ1) is 7.36. The maximum absolute atomic E-state index is 9.44. The Bertz CT molecular complexity index is 437. The molecule has 1 aromatic carbocycles. The summed E-state index contributed by atoms with van der Waals surface area (Å²) in [5.41, 5.74) is 1.20. The summed E-state index contributed by atoms with van der Waals surface area (Å²) in [5, 5.41) is 17.4. The van der Waals surface area contributed by atoms with E-state index < -0.39 is 0 Å². The molecule has 2 rings (SSSR count). The quantitative estimate of drug-likeness (QED) is 0.671. The van der Waals surface area contributed by atoms with E-state index in [-0.39, 0.29) is 5.75 Å². The van der Waals surface area contributed by atoms with Gasteiger partial charge in [0.2, 0.25) is 0 Å². The minimum atomic E-state index is 0.102. The number of phenols is 1. The number of fused-ring (bicyclic) bond motifs is 1. The molecule has 5 heteroatoms. The third-order valence-corrected chi connectivity index (χ3v) is 1.86. The molecule has 0 unspecified atom stereocenters. The summed E-state index contributed by atoms with van der Waals surface area (Å²) in [6, 6.07) is 3.12. The van der Waals surface area contributed by atoms with Gasteiger partial charge in [-0.3, -0.25) is 0 Å². The first-order valence-electron chi connectivity index (χ1n) is 3.36. The molecule has 1 heterocycles. The van der Waals surface area contributed by atoms with E-state index in [1.165, 1.54) is 10.7 Å². The minimum absolute atomic E-state index is 0.102. The molecular weight excluding hydrogens is 178 g/mol. The number of halogens is 1. The normalized spacial score (nSPS) is 10.8. The van der Waals surface area contributed by atoms with Gasteiger partial charge in [0.25, 0.3) is 0 Å². The summed E-state index contributed by atoms with van der Waals surface area (Å²) in [5.74, 6) is 0.102. The maximum Gasteiger partial charge on any atom is 0.144 e. The first-order valence-corrected chi connectivity index (χ1v) is 3.74. The third-order valence-electron chi connectivity index (χ3n) is 1.64. The molecule has 0 radical (unpaired) electrons. The second kappa shape index (κ2) is 2.35. The van der Waals surface area contributed by atoms with Gasteiger partial charge in [-0.25, -0.2) is 4.68 Å². The molecule has 0 bridgehead atoms. The van der Waals surface area contributed by atoms with Crippen molar-refractivity contribution in [3.8, 4) is 5.75 Å². The van der Waals surface area contributed by atoms with Crippen molar-refractivity contribution < 1.29 is 5.11 Å². The van der Waals surface area contributed by atoms with Gasteiger partial charge in [-0.05, 0) is 6.07 Å². The zero-order valence-electron chi connectivity index (χ0n) is 6.32. The van der Waals surface area contributed by atoms with Crippen LogP contribution in [0.15, 0.2) is 12.1 Å². The van der Waals surface area contributed by atoms with Crippen LogP contribution in [0.1, 0.15) is 0 Å². The molecule has 0 amide bonds. The van der Waals surface area contributed by atoms with Crippen LogP contribution >= 0.6 is 11.6 Å². The second-order valence-electron chi connectivity index (χ2n) is 2.51. The number of hydrogen-bond donors (Lipinski definition) is 1. The molecule has 12 heavy (non-hydrogen) atoms. The number of benzene rings is 1. The Morgan fingerprint density at radius 2 is 2.25 bits per heavy atom. The average molecular weight is 184 g/mol. The molecule has 0 atom stereocenters. The highest BCUT2D eigenvalue weighted by Gasteiger charge is 2.07. The lowest BCUT2D eigenvalue weighted by molar-refractivity contribution is 0.477. The first-order chi connectivity index (χ1) is 5.68. The smallest absolute Gasteiger partial charge is 0.144 e. The number of phenolic OH excluding ortho intramolecular Hbond substituents is 1. The van der Waals surface area contributed by atoms with Crippen LogP contribution in [-0.4, -0.2) is 20.1 Å². The van der Waals surface area contributed by atoms with Crippen LogP contribution in [0.25, 0.3) is 11.0 Å². The lowest BCUT2D eigenvalue weighted by atomic mass is 10.3. The molecule has 0 saturated heterocycles. The number of nitrogens with zero attached hydrogens (tertiary/aromatic N) is 3. The summed E-state index contributed by atoms with van der Waals surface area (Å²) >= 11 is 5.70. The monoisotopic (exact) mass is 183 g/mol. The summed E-state index contributed by atoms with van der Waals surface area (Å²) in [7, 11) is 1.71. The lowest BCUT2D eigenvalue weighted by Gasteiger charge is -1.96. The van der Waals surface area contributed by atoms with Gasteiger partial charge in [0.05, 0.1) is 0 Å². The van der Waals surface area contributed by atoms with Gasteiger partial charge in [0.15, 0.2) is 0 Å². The van der Waals surface area contributed by atoms with Crippen LogP contribution in [0, 0.1) is 0 Å². The predicted octanol–water partition coefficient (Wildman–Crippen LogP) is 1.33. The number of rotatable bonds is 0. The minimum Gasteiger partial charge on any atom is -0.506 e. The molecule has 0 fully saturated rings. The average Bonchev–Trinajstić information content (AvgIpc) is 2.31. The molecule has 2 aromatic rings. The highest BCUT2D eigenvalue weighted by molar-refractivity contribution is 6.31. The number of aromatic hydroxyl groups is 1. The Morgan fingerprint density at radius 1 is 1.50 bits per heavy atom. The van der Waals surface area contributed by atoms with Gasteiger partial charge < -0.3 is 5.11 Å². The SMILES string of the molecule is Cn1nnc2cc(Cl)cc(O)c21. The van der Waals surface area contributed by atoms with Crippen molar-refractivity contribution in [2.75, 3.05) is 0 Å². The van der Waals surface area contributed by atoms with Crippen molar-refractivity contribution in [2.45, 2.75) is 0 Å². The predicted molar refractivity (Wildman–Crippen MR) is 45.2 cm³/mol. The van der Waals surface area contributed by atoms with Crippen molar-refractivity contribution in [1.82, 2.24) is 15.0 Å². The van der Waals surface area contributed by atoms with Crippen molar-refractivity contribution in [1.29, 1.82) is 0 Å². The summed E-state index contributed by atoms with van der Waals surface area (Å²) in [6.45, 7) is 0. The van der Waals surface area contributed by atoms with E-state index in [0.29, 0.717) is 16.1 Å². The van der Waals surface area contributed by atoms with Crippen molar-refractivity contribution in [2.24, 2.45) is 7.05 Å². The zero-order chi connectivity index (χ0) is 8.72. The summed E-state index contributed by atoms with van der Waals surface area (Å²) in [4.78, 5) is 0. The van der Waals surface area contributed by atoms with Crippen LogP contribution in [0.2, 0.25) is 5.02 Å². The number of aromatic nitrogens is 3. The van der Waals surface area contributed by atoms with Gasteiger partial charge in [-0.2, -0.15) is 0 Å². The molecule has 0 spiro atoms. The molecule has 4 nitrogen and oxygen atoms in total. The van der Waals surface area contributed by atoms with Crippen LogP contribution in [-0.2, 0) is 7.05 Å². The number of aryl methyl sites for hydroxylation is 1. The Labute approximate surface area is 73.4 Å². The van der Waals surface area contributed by atoms with Gasteiger partial charge in [-0.1, -0.05) is 16.8 Å². The van der Waals surface area contributed by atoms with Crippen LogP contribution in [0.5, 0.6) is 5.75 Å². The summed E-state index contributed by atoms with van der Waals surface area (Å²) < 4.78 is 1.50. The highest BCUT2D eigenvalue weighted by Crippen LogP contribution is 2.26. The maximum atomic E-state index is 9.44. The molecule has 1 N–H and O–H groups in total. The molecule has 0 saturated carbocycles. The van der Waals surface area contributed by atoms with E-state index in [2.05, 4.69) is 10.3 Å². The standard InChI is InChI=1S/C7H6ClN3O/c1-11-7-5(9-10-11)2-4(8)3-6(7)12/h2-3,12H,1H3. The fourth-order valence-corrected chi connectivity index (χ4v) is 1.35. The van der Waals surface area contributed by atoms with Crippen LogP contribution in [0.3, 0.4) is 0 Å². The van der Waals surface area contributed by atoms with Crippen LogP contribution < -0.4 is 0 Å².